The lowest BCUT2D eigenvalue weighted by atomic mass is 10.1. The van der Waals surface area contributed by atoms with Crippen LogP contribution in [0, 0.1) is 0 Å². The molecule has 27 heavy (non-hydrogen) atoms. The molecule has 0 amide bonds. The highest BCUT2D eigenvalue weighted by Crippen LogP contribution is 2.41. The molecular weight excluding hydrogens is 378 g/mol. The predicted octanol–water partition coefficient (Wildman–Crippen LogP) is 4.30. The van der Waals surface area contributed by atoms with E-state index in [1.54, 1.807) is 11.8 Å². The van der Waals surface area contributed by atoms with E-state index >= 15 is 0 Å². The van der Waals surface area contributed by atoms with E-state index in [0.29, 0.717) is 17.8 Å². The van der Waals surface area contributed by atoms with E-state index < -0.39 is 0 Å². The van der Waals surface area contributed by atoms with Crippen LogP contribution in [0.4, 0.5) is 5.69 Å². The third-order valence-electron chi connectivity index (χ3n) is 4.70. The average molecular weight is 400 g/mol. The molecule has 2 N–H and O–H groups in total. The van der Waals surface area contributed by atoms with Crippen LogP contribution in [-0.2, 0) is 16.9 Å². The number of benzene rings is 1. The number of ether oxygens (including phenoxy) is 1. The summed E-state index contributed by atoms with van der Waals surface area (Å²) in [6, 6.07) is 9.83. The molecular formula is C20H21N3O2S2. The number of hydrogen-bond donors (Lipinski definition) is 1. The summed E-state index contributed by atoms with van der Waals surface area (Å²) in [7, 11) is 0. The van der Waals surface area contributed by atoms with Crippen LogP contribution in [0.5, 0.6) is 0 Å². The van der Waals surface area contributed by atoms with Crippen molar-refractivity contribution in [2.75, 3.05) is 24.3 Å². The van der Waals surface area contributed by atoms with Crippen molar-refractivity contribution in [3.63, 3.8) is 0 Å². The zero-order valence-electron chi connectivity index (χ0n) is 15.3. The first kappa shape index (κ1) is 18.3. The molecule has 0 saturated carbocycles. The molecule has 7 heteroatoms. The van der Waals surface area contributed by atoms with Crippen LogP contribution >= 0.6 is 23.5 Å². The number of aromatic nitrogens is 2. The van der Waals surface area contributed by atoms with Gasteiger partial charge in [-0.3, -0.25) is 4.57 Å². The zero-order valence-corrected chi connectivity index (χ0v) is 17.0. The van der Waals surface area contributed by atoms with Gasteiger partial charge in [-0.25, -0.2) is 9.78 Å². The molecule has 0 radical (unpaired) electrons. The Labute approximate surface area is 166 Å². The van der Waals surface area contributed by atoms with E-state index in [1.165, 1.54) is 0 Å². The van der Waals surface area contributed by atoms with Gasteiger partial charge in [-0.1, -0.05) is 18.2 Å². The first-order valence-corrected chi connectivity index (χ1v) is 11.2. The van der Waals surface area contributed by atoms with Crippen molar-refractivity contribution in [1.29, 1.82) is 0 Å². The van der Waals surface area contributed by atoms with Crippen molar-refractivity contribution in [1.82, 2.24) is 9.55 Å². The number of nitrogens with zero attached hydrogens (tertiary/aromatic N) is 2. The number of pyridine rings is 1. The van der Waals surface area contributed by atoms with Crippen LogP contribution in [0.25, 0.3) is 16.6 Å². The lowest BCUT2D eigenvalue weighted by molar-refractivity contribution is 0.0518. The van der Waals surface area contributed by atoms with Crippen LogP contribution in [-0.4, -0.2) is 34.1 Å². The molecule has 3 aromatic rings. The number of hydrogen-bond acceptors (Lipinski definition) is 6. The third kappa shape index (κ3) is 2.99. The van der Waals surface area contributed by atoms with Crippen LogP contribution < -0.4 is 5.73 Å². The summed E-state index contributed by atoms with van der Waals surface area (Å²) < 4.78 is 7.33. The highest BCUT2D eigenvalue weighted by molar-refractivity contribution is 7.99. The lowest BCUT2D eigenvalue weighted by Crippen LogP contribution is -2.13. The SMILES string of the molecule is CCOC(=O)c1c2nc3c(c(N)c2c(SC)n1-c1ccccc1)CSCC3. The first-order valence-electron chi connectivity index (χ1n) is 8.87. The fourth-order valence-corrected chi connectivity index (χ4v) is 5.31. The van der Waals surface area contributed by atoms with Gasteiger partial charge in [0.2, 0.25) is 0 Å². The predicted molar refractivity (Wildman–Crippen MR) is 113 cm³/mol. The number of para-hydroxylation sites is 1. The van der Waals surface area contributed by atoms with E-state index in [-0.39, 0.29) is 5.97 Å². The van der Waals surface area contributed by atoms with Crippen molar-refractivity contribution < 1.29 is 9.53 Å². The molecule has 0 unspecified atom stereocenters. The third-order valence-corrected chi connectivity index (χ3v) is 6.46. The quantitative estimate of drug-likeness (QED) is 0.521. The van der Waals surface area contributed by atoms with Crippen LogP contribution in [0.3, 0.4) is 0 Å². The monoisotopic (exact) mass is 399 g/mol. The number of nitrogens with two attached hydrogens (primary N) is 1. The topological polar surface area (TPSA) is 70.1 Å². The lowest BCUT2D eigenvalue weighted by Gasteiger charge is -2.17. The zero-order chi connectivity index (χ0) is 19.0. The van der Waals surface area contributed by atoms with E-state index in [2.05, 4.69) is 0 Å². The fourth-order valence-electron chi connectivity index (χ4n) is 3.51. The van der Waals surface area contributed by atoms with Gasteiger partial charge in [0, 0.05) is 28.4 Å². The Morgan fingerprint density at radius 2 is 2.15 bits per heavy atom. The summed E-state index contributed by atoms with van der Waals surface area (Å²) >= 11 is 3.44. The number of nitrogen functional groups attached to an aromatic ring is 1. The minimum Gasteiger partial charge on any atom is -0.461 e. The Kier molecular flexibility index (Phi) is 5.06. The maximum absolute atomic E-state index is 12.9. The molecule has 0 atom stereocenters. The smallest absolute Gasteiger partial charge is 0.357 e. The molecule has 0 bridgehead atoms. The summed E-state index contributed by atoms with van der Waals surface area (Å²) in [6.07, 6.45) is 2.87. The molecule has 0 saturated heterocycles. The summed E-state index contributed by atoms with van der Waals surface area (Å²) in [6.45, 7) is 2.12. The average Bonchev–Trinajstić information content (AvgIpc) is 3.03. The molecule has 0 fully saturated rings. The van der Waals surface area contributed by atoms with Crippen molar-refractivity contribution in [3.05, 3.63) is 47.3 Å². The Bertz CT molecular complexity index is 1020. The van der Waals surface area contributed by atoms with Gasteiger partial charge in [0.05, 0.1) is 17.0 Å². The largest absolute Gasteiger partial charge is 0.461 e. The molecule has 0 spiro atoms. The number of thioether (sulfide) groups is 2. The minimum absolute atomic E-state index is 0.311. The standard InChI is InChI=1S/C20H21N3O2S2/c1-3-25-20(24)18-17-15(16(21)13-11-27-10-9-14(13)22-17)19(26-2)23(18)12-7-5-4-6-8-12/h4-8H,3,9-11,21H2,1-2H3. The normalized spacial score (nSPS) is 13.6. The minimum atomic E-state index is -0.372. The maximum Gasteiger partial charge on any atom is 0.357 e. The van der Waals surface area contributed by atoms with Crippen molar-refractivity contribution in [3.8, 4) is 5.69 Å². The number of carbonyl (C=O) groups is 1. The molecule has 1 aliphatic heterocycles. The van der Waals surface area contributed by atoms with Gasteiger partial charge in [-0.2, -0.15) is 11.8 Å². The molecule has 1 aromatic carbocycles. The summed E-state index contributed by atoms with van der Waals surface area (Å²) in [5.41, 5.74) is 11.5. The van der Waals surface area contributed by atoms with Crippen molar-refractivity contribution in [2.45, 2.75) is 24.1 Å². The van der Waals surface area contributed by atoms with Gasteiger partial charge in [-0.15, -0.1) is 11.8 Å². The molecule has 3 heterocycles. The summed E-state index contributed by atoms with van der Waals surface area (Å²) in [4.78, 5) is 17.8. The molecule has 140 valence electrons. The number of anilines is 1. The number of carbonyl (C=O) groups excluding carboxylic acids is 1. The van der Waals surface area contributed by atoms with E-state index in [0.717, 1.165) is 51.0 Å². The van der Waals surface area contributed by atoms with Crippen molar-refractivity contribution >= 4 is 46.1 Å². The highest BCUT2D eigenvalue weighted by atomic mass is 32.2. The molecule has 0 aliphatic carbocycles. The van der Waals surface area contributed by atoms with Gasteiger partial charge < -0.3 is 10.5 Å². The van der Waals surface area contributed by atoms with Crippen LogP contribution in [0.15, 0.2) is 35.4 Å². The van der Waals surface area contributed by atoms with Gasteiger partial charge in [0.25, 0.3) is 0 Å². The molecule has 2 aromatic heterocycles. The van der Waals surface area contributed by atoms with Gasteiger partial charge >= 0.3 is 5.97 Å². The second-order valence-corrected chi connectivity index (χ2v) is 8.13. The van der Waals surface area contributed by atoms with Crippen LogP contribution in [0.2, 0.25) is 0 Å². The first-order chi connectivity index (χ1) is 13.2. The molecule has 4 rings (SSSR count). The Morgan fingerprint density at radius 3 is 2.85 bits per heavy atom. The van der Waals surface area contributed by atoms with Gasteiger partial charge in [0.1, 0.15) is 5.52 Å². The van der Waals surface area contributed by atoms with Crippen molar-refractivity contribution in [2.24, 2.45) is 0 Å². The van der Waals surface area contributed by atoms with E-state index in [9.17, 15) is 4.79 Å². The van der Waals surface area contributed by atoms with Crippen LogP contribution in [0.1, 0.15) is 28.7 Å². The molecule has 1 aliphatic rings. The number of rotatable bonds is 4. The van der Waals surface area contributed by atoms with Gasteiger partial charge in [0.15, 0.2) is 5.69 Å². The number of aryl methyl sites for hydroxylation is 1. The summed E-state index contributed by atoms with van der Waals surface area (Å²) in [5, 5.41) is 1.78. The second kappa shape index (κ2) is 7.48. The van der Waals surface area contributed by atoms with E-state index in [4.69, 9.17) is 15.5 Å². The Balaban J connectivity index is 2.12. The Hall–Kier alpha value is -2.12. The fraction of sp³-hybridized carbons (Fsp3) is 0.300. The highest BCUT2D eigenvalue weighted by Gasteiger charge is 2.29. The van der Waals surface area contributed by atoms with Gasteiger partial charge in [-0.05, 0) is 37.5 Å². The Morgan fingerprint density at radius 1 is 1.37 bits per heavy atom. The number of esters is 1. The maximum atomic E-state index is 12.9. The second-order valence-electron chi connectivity index (χ2n) is 6.23. The number of fused-ring (bicyclic) bond motifs is 2. The summed E-state index contributed by atoms with van der Waals surface area (Å²) in [5.74, 6) is 1.51. The van der Waals surface area contributed by atoms with E-state index in [1.807, 2.05) is 59.8 Å². The molecule has 5 nitrogen and oxygen atoms in total.